The Bertz CT molecular complexity index is 770. The van der Waals surface area contributed by atoms with Gasteiger partial charge in [0.1, 0.15) is 16.9 Å². The molecule has 2 aromatic rings. The predicted octanol–water partition coefficient (Wildman–Crippen LogP) is 2.95. The van der Waals surface area contributed by atoms with Crippen LogP contribution in [0.4, 0.5) is 9.18 Å². The summed E-state index contributed by atoms with van der Waals surface area (Å²) in [5.74, 6) is 0.412. The number of nitrogens with zero attached hydrogens (tertiary/aromatic N) is 1. The molecule has 122 valence electrons. The van der Waals surface area contributed by atoms with Crippen LogP contribution in [0.2, 0.25) is 0 Å². The van der Waals surface area contributed by atoms with Gasteiger partial charge in [0.15, 0.2) is 0 Å². The molecule has 0 radical (unpaired) electrons. The van der Waals surface area contributed by atoms with E-state index in [9.17, 15) is 14.0 Å². The average molecular weight is 318 g/mol. The van der Waals surface area contributed by atoms with Crippen LogP contribution in [0.15, 0.2) is 28.7 Å². The van der Waals surface area contributed by atoms with E-state index < -0.39 is 18.2 Å². The Morgan fingerprint density at radius 2 is 2.04 bits per heavy atom. The van der Waals surface area contributed by atoms with E-state index in [4.69, 9.17) is 4.42 Å². The summed E-state index contributed by atoms with van der Waals surface area (Å²) in [7, 11) is 0. The highest BCUT2D eigenvalue weighted by atomic mass is 19.1. The van der Waals surface area contributed by atoms with Crippen LogP contribution in [0.1, 0.15) is 24.7 Å². The van der Waals surface area contributed by atoms with Crippen LogP contribution in [-0.4, -0.2) is 35.6 Å². The van der Waals surface area contributed by atoms with Gasteiger partial charge in [0.25, 0.3) is 5.91 Å². The number of rotatable bonds is 5. The molecule has 0 bridgehead atoms. The summed E-state index contributed by atoms with van der Waals surface area (Å²) in [4.78, 5) is 25.6. The van der Waals surface area contributed by atoms with Crippen molar-refractivity contribution >= 4 is 22.9 Å². The maximum Gasteiger partial charge on any atom is 0.325 e. The van der Waals surface area contributed by atoms with Crippen molar-refractivity contribution in [3.63, 3.8) is 0 Å². The minimum Gasteiger partial charge on any atom is -0.461 e. The van der Waals surface area contributed by atoms with Crippen LogP contribution in [0.5, 0.6) is 0 Å². The van der Waals surface area contributed by atoms with Crippen molar-refractivity contribution in [1.29, 1.82) is 0 Å². The van der Waals surface area contributed by atoms with Crippen molar-refractivity contribution in [3.8, 4) is 0 Å². The lowest BCUT2D eigenvalue weighted by atomic mass is 9.99. The molecule has 3 amide bonds. The number of halogens is 1. The lowest BCUT2D eigenvalue weighted by Crippen LogP contribution is -2.44. The second kappa shape index (κ2) is 5.68. The maximum absolute atomic E-state index is 12.6. The smallest absolute Gasteiger partial charge is 0.325 e. The molecule has 1 aliphatic heterocycles. The number of para-hydroxylation sites is 1. The zero-order valence-electron chi connectivity index (χ0n) is 13.2. The van der Waals surface area contributed by atoms with Crippen LogP contribution in [0.25, 0.3) is 11.0 Å². The minimum absolute atomic E-state index is 0.0122. The van der Waals surface area contributed by atoms with Crippen LogP contribution in [-0.2, 0) is 11.2 Å². The molecule has 23 heavy (non-hydrogen) atoms. The molecular formula is C17H19FN2O3. The number of hydrogen-bond donors (Lipinski definition) is 1. The number of alkyl halides is 1. The van der Waals surface area contributed by atoms with Crippen molar-refractivity contribution in [1.82, 2.24) is 10.2 Å². The molecule has 6 heteroatoms. The molecule has 1 saturated heterocycles. The topological polar surface area (TPSA) is 62.6 Å². The highest BCUT2D eigenvalue weighted by molar-refractivity contribution is 6.06. The number of fused-ring (bicyclic) bond motifs is 1. The van der Waals surface area contributed by atoms with Gasteiger partial charge < -0.3 is 9.73 Å². The van der Waals surface area contributed by atoms with Gasteiger partial charge in [-0.15, -0.1) is 0 Å². The van der Waals surface area contributed by atoms with Crippen molar-refractivity contribution in [2.24, 2.45) is 0 Å². The SMILES string of the molecule is Cc1oc2ccccc2c1CCN1C(=O)NC(C)(CCF)C1=O. The van der Waals surface area contributed by atoms with Crippen molar-refractivity contribution < 1.29 is 18.4 Å². The normalized spacial score (nSPS) is 21.3. The molecule has 1 unspecified atom stereocenters. The number of furan rings is 1. The van der Waals surface area contributed by atoms with Gasteiger partial charge in [0.05, 0.1) is 6.67 Å². The Morgan fingerprint density at radius 3 is 2.78 bits per heavy atom. The lowest BCUT2D eigenvalue weighted by molar-refractivity contribution is -0.131. The van der Waals surface area contributed by atoms with Crippen molar-refractivity contribution in [2.75, 3.05) is 13.2 Å². The molecule has 1 aromatic heterocycles. The lowest BCUT2D eigenvalue weighted by Gasteiger charge is -2.19. The fourth-order valence-electron chi connectivity index (χ4n) is 3.06. The van der Waals surface area contributed by atoms with Crippen LogP contribution in [0, 0.1) is 6.92 Å². The van der Waals surface area contributed by atoms with Gasteiger partial charge in [0, 0.05) is 23.9 Å². The van der Waals surface area contributed by atoms with Gasteiger partial charge in [0.2, 0.25) is 0 Å². The third kappa shape index (κ3) is 2.58. The molecule has 1 aliphatic rings. The third-order valence-electron chi connectivity index (χ3n) is 4.43. The summed E-state index contributed by atoms with van der Waals surface area (Å²) in [5.41, 5.74) is 0.638. The van der Waals surface area contributed by atoms with Crippen LogP contribution >= 0.6 is 0 Å². The first-order valence-electron chi connectivity index (χ1n) is 7.63. The minimum atomic E-state index is -1.14. The number of urea groups is 1. The van der Waals surface area contributed by atoms with E-state index in [1.165, 1.54) is 0 Å². The number of imide groups is 1. The summed E-state index contributed by atoms with van der Waals surface area (Å²) in [6.45, 7) is 3.03. The molecule has 0 spiro atoms. The molecular weight excluding hydrogens is 299 g/mol. The largest absolute Gasteiger partial charge is 0.461 e. The monoisotopic (exact) mass is 318 g/mol. The Kier molecular flexibility index (Phi) is 3.83. The fraction of sp³-hybridized carbons (Fsp3) is 0.412. The molecule has 1 fully saturated rings. The molecule has 1 N–H and O–H groups in total. The van der Waals surface area contributed by atoms with Gasteiger partial charge in [-0.05, 0) is 26.3 Å². The Morgan fingerprint density at radius 1 is 1.30 bits per heavy atom. The summed E-state index contributed by atoms with van der Waals surface area (Å²) >= 11 is 0. The van der Waals surface area contributed by atoms with Gasteiger partial charge in [-0.2, -0.15) is 0 Å². The van der Waals surface area contributed by atoms with Crippen LogP contribution in [0.3, 0.4) is 0 Å². The number of hydrogen-bond acceptors (Lipinski definition) is 3. The van der Waals surface area contributed by atoms with Crippen molar-refractivity contribution in [2.45, 2.75) is 32.2 Å². The van der Waals surface area contributed by atoms with E-state index in [1.807, 2.05) is 31.2 Å². The Labute approximate surface area is 133 Å². The summed E-state index contributed by atoms with van der Waals surface area (Å²) in [6.07, 6.45) is 0.495. The number of amides is 3. The second-order valence-electron chi connectivity index (χ2n) is 6.04. The molecule has 0 aliphatic carbocycles. The van der Waals surface area contributed by atoms with Gasteiger partial charge in [-0.3, -0.25) is 14.1 Å². The number of aryl methyl sites for hydroxylation is 1. The Hall–Kier alpha value is -2.37. The van der Waals surface area contributed by atoms with Crippen molar-refractivity contribution in [3.05, 3.63) is 35.6 Å². The first-order chi connectivity index (χ1) is 11.0. The standard InChI is InChI=1S/C17H19FN2O3/c1-11-12(13-5-3-4-6-14(13)23-11)7-10-20-15(21)17(2,8-9-18)19-16(20)22/h3-6H,7-10H2,1-2H3,(H,19,22). The van der Waals surface area contributed by atoms with E-state index in [2.05, 4.69) is 5.32 Å². The number of carbonyl (C=O) groups is 2. The molecule has 2 heterocycles. The van der Waals surface area contributed by atoms with Crippen LogP contribution < -0.4 is 5.32 Å². The third-order valence-corrected chi connectivity index (χ3v) is 4.43. The molecule has 3 rings (SSSR count). The van der Waals surface area contributed by atoms with E-state index in [-0.39, 0.29) is 18.9 Å². The second-order valence-corrected chi connectivity index (χ2v) is 6.04. The van der Waals surface area contributed by atoms with E-state index >= 15 is 0 Å². The van der Waals surface area contributed by atoms with Gasteiger partial charge >= 0.3 is 6.03 Å². The van der Waals surface area contributed by atoms with Gasteiger partial charge in [-0.25, -0.2) is 4.79 Å². The number of carbonyl (C=O) groups excluding carboxylic acids is 2. The number of nitrogens with one attached hydrogen (secondary N) is 1. The summed E-state index contributed by atoms with van der Waals surface area (Å²) in [6, 6.07) is 7.20. The zero-order chi connectivity index (χ0) is 16.6. The molecule has 5 nitrogen and oxygen atoms in total. The van der Waals surface area contributed by atoms with E-state index in [1.54, 1.807) is 6.92 Å². The number of benzene rings is 1. The highest BCUT2D eigenvalue weighted by Gasteiger charge is 2.47. The summed E-state index contributed by atoms with van der Waals surface area (Å²) in [5, 5.41) is 3.58. The maximum atomic E-state index is 12.6. The zero-order valence-corrected chi connectivity index (χ0v) is 13.2. The first-order valence-corrected chi connectivity index (χ1v) is 7.63. The molecule has 1 aromatic carbocycles. The quantitative estimate of drug-likeness (QED) is 0.862. The summed E-state index contributed by atoms with van der Waals surface area (Å²) < 4.78 is 18.3. The molecule has 0 saturated carbocycles. The average Bonchev–Trinajstić information content (AvgIpc) is 2.93. The fourth-order valence-corrected chi connectivity index (χ4v) is 3.06. The molecule has 1 atom stereocenters. The Balaban J connectivity index is 1.79. The highest BCUT2D eigenvalue weighted by Crippen LogP contribution is 2.27. The van der Waals surface area contributed by atoms with E-state index in [0.29, 0.717) is 6.42 Å². The predicted molar refractivity (Wildman–Crippen MR) is 83.9 cm³/mol. The van der Waals surface area contributed by atoms with E-state index in [0.717, 1.165) is 27.2 Å². The van der Waals surface area contributed by atoms with Gasteiger partial charge in [-0.1, -0.05) is 18.2 Å². The first kappa shape index (κ1) is 15.5.